The molecule has 5 heteroatoms. The van der Waals surface area contributed by atoms with Crippen LogP contribution in [0.1, 0.15) is 15.9 Å². The van der Waals surface area contributed by atoms with Gasteiger partial charge >= 0.3 is 5.97 Å². The lowest BCUT2D eigenvalue weighted by molar-refractivity contribution is 0.0693. The number of aromatic carboxylic acids is 1. The number of carboxylic acids is 1. The van der Waals surface area contributed by atoms with E-state index < -0.39 is 17.6 Å². The summed E-state index contributed by atoms with van der Waals surface area (Å²) in [6.07, 6.45) is 0. The molecule has 0 bridgehead atoms. The van der Waals surface area contributed by atoms with Crippen molar-refractivity contribution in [1.82, 2.24) is 0 Å². The molecule has 0 aliphatic heterocycles. The van der Waals surface area contributed by atoms with Crippen LogP contribution in [0.5, 0.6) is 5.75 Å². The van der Waals surface area contributed by atoms with Gasteiger partial charge in [-0.1, -0.05) is 18.2 Å². The third-order valence-corrected chi connectivity index (χ3v) is 2.52. The number of ether oxygens (including phenoxy) is 1. The van der Waals surface area contributed by atoms with E-state index >= 15 is 0 Å². The molecule has 0 aliphatic carbocycles. The minimum Gasteiger partial charge on any atom is -0.486 e. The number of para-hydroxylation sites is 1. The molecule has 3 nitrogen and oxygen atoms in total. The summed E-state index contributed by atoms with van der Waals surface area (Å²) in [5, 5.41) is 8.95. The molecule has 19 heavy (non-hydrogen) atoms. The summed E-state index contributed by atoms with van der Waals surface area (Å²) < 4.78 is 31.5. The smallest absolute Gasteiger partial charge is 0.336 e. The first-order valence-corrected chi connectivity index (χ1v) is 5.47. The zero-order chi connectivity index (χ0) is 13.8. The van der Waals surface area contributed by atoms with Gasteiger partial charge in [-0.2, -0.15) is 0 Å². The number of benzene rings is 2. The van der Waals surface area contributed by atoms with Crippen molar-refractivity contribution in [3.63, 3.8) is 0 Å². The van der Waals surface area contributed by atoms with Crippen molar-refractivity contribution in [3.8, 4) is 5.75 Å². The molecule has 0 saturated heterocycles. The van der Waals surface area contributed by atoms with Crippen LogP contribution in [0, 0.1) is 11.6 Å². The Labute approximate surface area is 108 Å². The first-order chi connectivity index (χ1) is 9.08. The molecule has 98 valence electrons. The fraction of sp³-hybridized carbons (Fsp3) is 0.0714. The summed E-state index contributed by atoms with van der Waals surface area (Å²) in [4.78, 5) is 11.0. The molecule has 0 aromatic heterocycles. The maximum absolute atomic E-state index is 13.3. The van der Waals surface area contributed by atoms with Crippen molar-refractivity contribution in [2.24, 2.45) is 0 Å². The Balaban J connectivity index is 2.20. The molecule has 0 radical (unpaired) electrons. The lowest BCUT2D eigenvalue weighted by Gasteiger charge is -2.09. The SMILES string of the molecule is O=C(O)c1cc(F)ccc1COc1ccccc1F. The van der Waals surface area contributed by atoms with E-state index in [-0.39, 0.29) is 23.5 Å². The van der Waals surface area contributed by atoms with Crippen LogP contribution in [0.3, 0.4) is 0 Å². The molecule has 0 atom stereocenters. The maximum Gasteiger partial charge on any atom is 0.336 e. The second-order valence-electron chi connectivity index (χ2n) is 3.83. The minimum atomic E-state index is -1.26. The first kappa shape index (κ1) is 13.0. The van der Waals surface area contributed by atoms with Gasteiger partial charge in [0.15, 0.2) is 11.6 Å². The molecule has 2 aromatic rings. The van der Waals surface area contributed by atoms with Crippen molar-refractivity contribution in [2.45, 2.75) is 6.61 Å². The Morgan fingerprint density at radius 1 is 1.16 bits per heavy atom. The fourth-order valence-corrected chi connectivity index (χ4v) is 1.59. The molecule has 2 rings (SSSR count). The number of carbonyl (C=O) groups is 1. The fourth-order valence-electron chi connectivity index (χ4n) is 1.59. The molecule has 0 amide bonds. The van der Waals surface area contributed by atoms with Crippen LogP contribution < -0.4 is 4.74 Å². The van der Waals surface area contributed by atoms with Gasteiger partial charge < -0.3 is 9.84 Å². The second kappa shape index (κ2) is 5.48. The van der Waals surface area contributed by atoms with Crippen LogP contribution in [0.4, 0.5) is 8.78 Å². The molecule has 0 spiro atoms. The van der Waals surface area contributed by atoms with Crippen molar-refractivity contribution in [2.75, 3.05) is 0 Å². The molecule has 0 saturated carbocycles. The summed E-state index contributed by atoms with van der Waals surface area (Å²) >= 11 is 0. The summed E-state index contributed by atoms with van der Waals surface area (Å²) in [5.41, 5.74) is 0.0773. The number of hydrogen-bond acceptors (Lipinski definition) is 2. The summed E-state index contributed by atoms with van der Waals surface area (Å²) in [6, 6.07) is 9.12. The van der Waals surface area contributed by atoms with Gasteiger partial charge in [0.25, 0.3) is 0 Å². The number of carboxylic acid groups (broad SMARTS) is 1. The third-order valence-electron chi connectivity index (χ3n) is 2.52. The van der Waals surface area contributed by atoms with Gasteiger partial charge in [-0.15, -0.1) is 0 Å². The Bertz CT molecular complexity index is 611. The van der Waals surface area contributed by atoms with Crippen molar-refractivity contribution < 1.29 is 23.4 Å². The predicted octanol–water partition coefficient (Wildman–Crippen LogP) is 3.24. The van der Waals surface area contributed by atoms with E-state index in [0.717, 1.165) is 12.1 Å². The van der Waals surface area contributed by atoms with Gasteiger partial charge in [0.1, 0.15) is 12.4 Å². The van der Waals surface area contributed by atoms with Gasteiger partial charge in [0, 0.05) is 5.56 Å². The topological polar surface area (TPSA) is 46.5 Å². The zero-order valence-electron chi connectivity index (χ0n) is 9.77. The summed E-state index contributed by atoms with van der Waals surface area (Å²) in [5.74, 6) is -2.43. The van der Waals surface area contributed by atoms with Gasteiger partial charge in [0.05, 0.1) is 5.56 Å². The van der Waals surface area contributed by atoms with Gasteiger partial charge in [-0.05, 0) is 24.3 Å². The quantitative estimate of drug-likeness (QED) is 0.922. The Hall–Kier alpha value is -2.43. The van der Waals surface area contributed by atoms with Crippen LogP contribution in [0.25, 0.3) is 0 Å². The number of rotatable bonds is 4. The van der Waals surface area contributed by atoms with E-state index in [0.29, 0.717) is 0 Å². The van der Waals surface area contributed by atoms with E-state index in [1.54, 1.807) is 6.07 Å². The number of hydrogen-bond donors (Lipinski definition) is 1. The monoisotopic (exact) mass is 264 g/mol. The Morgan fingerprint density at radius 3 is 2.58 bits per heavy atom. The van der Waals surface area contributed by atoms with Crippen LogP contribution in [-0.4, -0.2) is 11.1 Å². The van der Waals surface area contributed by atoms with Crippen molar-refractivity contribution in [3.05, 3.63) is 65.2 Å². The second-order valence-corrected chi connectivity index (χ2v) is 3.83. The highest BCUT2D eigenvalue weighted by Crippen LogP contribution is 2.19. The average Bonchev–Trinajstić information content (AvgIpc) is 2.38. The van der Waals surface area contributed by atoms with E-state index in [9.17, 15) is 13.6 Å². The van der Waals surface area contributed by atoms with Crippen LogP contribution >= 0.6 is 0 Å². The van der Waals surface area contributed by atoms with Crippen molar-refractivity contribution in [1.29, 1.82) is 0 Å². The van der Waals surface area contributed by atoms with E-state index in [2.05, 4.69) is 0 Å². The van der Waals surface area contributed by atoms with Gasteiger partial charge in [0.2, 0.25) is 0 Å². The minimum absolute atomic E-state index is 0.0168. The van der Waals surface area contributed by atoms with Crippen LogP contribution in [0.15, 0.2) is 42.5 Å². The largest absolute Gasteiger partial charge is 0.486 e. The van der Waals surface area contributed by atoms with E-state index in [1.165, 1.54) is 24.3 Å². The highest BCUT2D eigenvalue weighted by Gasteiger charge is 2.12. The summed E-state index contributed by atoms with van der Waals surface area (Å²) in [7, 11) is 0. The molecule has 0 aliphatic rings. The third kappa shape index (κ3) is 3.07. The van der Waals surface area contributed by atoms with E-state index in [1.807, 2.05) is 0 Å². The number of halogens is 2. The molecule has 0 fully saturated rings. The Kier molecular flexibility index (Phi) is 3.75. The highest BCUT2D eigenvalue weighted by atomic mass is 19.1. The molecule has 2 aromatic carbocycles. The molecule has 0 unspecified atom stereocenters. The summed E-state index contributed by atoms with van der Waals surface area (Å²) in [6.45, 7) is -0.150. The highest BCUT2D eigenvalue weighted by molar-refractivity contribution is 5.89. The first-order valence-electron chi connectivity index (χ1n) is 5.47. The lowest BCUT2D eigenvalue weighted by Crippen LogP contribution is -2.06. The Morgan fingerprint density at radius 2 is 1.89 bits per heavy atom. The molecule has 1 N–H and O–H groups in total. The van der Waals surface area contributed by atoms with Crippen LogP contribution in [0.2, 0.25) is 0 Å². The molecule has 0 heterocycles. The standard InChI is InChI=1S/C14H10F2O3/c15-10-6-5-9(11(7-10)14(17)18)8-19-13-4-2-1-3-12(13)16/h1-7H,8H2,(H,17,18). The lowest BCUT2D eigenvalue weighted by atomic mass is 10.1. The van der Waals surface area contributed by atoms with Gasteiger partial charge in [-0.3, -0.25) is 0 Å². The van der Waals surface area contributed by atoms with E-state index in [4.69, 9.17) is 9.84 Å². The molecular formula is C14H10F2O3. The van der Waals surface area contributed by atoms with Crippen molar-refractivity contribution >= 4 is 5.97 Å². The zero-order valence-corrected chi connectivity index (χ0v) is 9.77. The molecular weight excluding hydrogens is 254 g/mol. The average molecular weight is 264 g/mol. The van der Waals surface area contributed by atoms with Crippen LogP contribution in [-0.2, 0) is 6.61 Å². The predicted molar refractivity (Wildman–Crippen MR) is 64.1 cm³/mol. The maximum atomic E-state index is 13.3. The van der Waals surface area contributed by atoms with Gasteiger partial charge in [-0.25, -0.2) is 13.6 Å². The normalized spacial score (nSPS) is 10.2.